The van der Waals surface area contributed by atoms with Gasteiger partial charge in [0.1, 0.15) is 6.10 Å². The summed E-state index contributed by atoms with van der Waals surface area (Å²) in [5, 5.41) is 10.3. The van der Waals surface area contributed by atoms with Gasteiger partial charge in [0.2, 0.25) is 0 Å². The van der Waals surface area contributed by atoms with Crippen LogP contribution in [0.2, 0.25) is 0 Å². The van der Waals surface area contributed by atoms with Crippen LogP contribution in [0.15, 0.2) is 0 Å². The van der Waals surface area contributed by atoms with Crippen molar-refractivity contribution in [1.82, 2.24) is 0 Å². The summed E-state index contributed by atoms with van der Waals surface area (Å²) in [7, 11) is 0. The molecule has 0 aliphatic carbocycles. The minimum absolute atomic E-state index is 0. The molecule has 1 radical (unpaired) electrons. The van der Waals surface area contributed by atoms with E-state index in [9.17, 15) is 5.11 Å². The maximum absolute atomic E-state index is 10.3. The van der Waals surface area contributed by atoms with Gasteiger partial charge in [0.25, 0.3) is 0 Å². The molecule has 14 nitrogen and oxygen atoms in total. The van der Waals surface area contributed by atoms with Crippen LogP contribution in [-0.2, 0) is 61.6 Å². The van der Waals surface area contributed by atoms with Crippen molar-refractivity contribution in [3.05, 3.63) is 0 Å². The van der Waals surface area contributed by atoms with Crippen LogP contribution in [0.1, 0.15) is 191 Å². The van der Waals surface area contributed by atoms with Crippen molar-refractivity contribution in [2.24, 2.45) is 88.8 Å². The number of aliphatic hydroxyl groups excluding tert-OH is 1. The van der Waals surface area contributed by atoms with Crippen LogP contribution >= 0.6 is 0 Å². The molecular weight excluding hydrogens is 1220 g/mol. The molecule has 7 aliphatic rings. The van der Waals surface area contributed by atoms with E-state index < -0.39 is 25.2 Å². The Labute approximate surface area is 516 Å². The number of hydrogen-bond donors (Lipinski definition) is 1. The third kappa shape index (κ3) is 14.6. The van der Waals surface area contributed by atoms with Crippen LogP contribution in [0.25, 0.3) is 0 Å². The van der Waals surface area contributed by atoms with Crippen molar-refractivity contribution < 1.29 is 111 Å². The second-order valence-corrected chi connectivity index (χ2v) is 26.8. The van der Waals surface area contributed by atoms with E-state index in [0.29, 0.717) is 23.7 Å². The van der Waals surface area contributed by atoms with Crippen LogP contribution in [0.4, 0.5) is 0 Å². The Morgan fingerprint density at radius 2 is 0.443 bits per heavy atom. The van der Waals surface area contributed by atoms with Crippen molar-refractivity contribution in [1.29, 1.82) is 0 Å². The molecule has 7 saturated heterocycles. The first-order chi connectivity index (χ1) is 37.0. The zero-order valence-corrected chi connectivity index (χ0v) is 58.2. The van der Waals surface area contributed by atoms with Gasteiger partial charge >= 0.3 is 0 Å². The number of ether oxygens (including phenoxy) is 13. The molecule has 0 bridgehead atoms. The minimum atomic E-state index is -0.437. The summed E-state index contributed by atoms with van der Waals surface area (Å²) >= 11 is 0. The Kier molecular flexibility index (Phi) is 26.4. The van der Waals surface area contributed by atoms with Crippen molar-refractivity contribution in [3.8, 4) is 0 Å². The van der Waals surface area contributed by atoms with Gasteiger partial charge < -0.3 is 66.7 Å². The Morgan fingerprint density at radius 3 is 0.671 bits per heavy atom. The molecule has 35 atom stereocenters. The van der Waals surface area contributed by atoms with E-state index in [1.807, 2.05) is 0 Å². The van der Waals surface area contributed by atoms with E-state index in [4.69, 9.17) is 61.6 Å². The van der Waals surface area contributed by atoms with Gasteiger partial charge in [-0.1, -0.05) is 145 Å². The molecule has 7 heterocycles. The summed E-state index contributed by atoms with van der Waals surface area (Å²) in [6.07, 6.45) is 0.587. The number of aliphatic hydroxyl groups is 1. The summed E-state index contributed by atoms with van der Waals surface area (Å²) in [5.41, 5.74) is 0. The molecule has 1 N–H and O–H groups in total. The Balaban J connectivity index is 0.0000101. The van der Waals surface area contributed by atoms with Gasteiger partial charge in [-0.05, 0) is 98.7 Å². The van der Waals surface area contributed by atoms with Crippen LogP contribution in [-0.4, -0.2) is 135 Å². The first kappa shape index (κ1) is 69.0. The normalized spacial score (nSPS) is 52.8. The first-order valence-corrected chi connectivity index (χ1v) is 32.1. The third-order valence-electron chi connectivity index (χ3n) is 22.4. The first-order valence-electron chi connectivity index (χ1n) is 32.1. The summed E-state index contributed by atoms with van der Waals surface area (Å²) < 4.78 is 89.9. The molecule has 79 heavy (non-hydrogen) atoms. The van der Waals surface area contributed by atoms with Crippen LogP contribution < -0.4 is 0 Å². The average Bonchev–Trinajstić information content (AvgIpc) is 3.45. The Morgan fingerprint density at radius 1 is 0.241 bits per heavy atom. The monoisotopic (exact) mass is 1340 g/mol. The topological polar surface area (TPSA) is 140 Å². The fourth-order valence-corrected chi connectivity index (χ4v) is 14.7. The quantitative estimate of drug-likeness (QED) is 0.131. The molecule has 7 fully saturated rings. The maximum Gasteiger partial charge on any atom is 0.161 e. The molecule has 0 aromatic carbocycles. The van der Waals surface area contributed by atoms with Gasteiger partial charge in [0, 0.05) is 79.6 Å². The molecule has 459 valence electrons. The van der Waals surface area contributed by atoms with Crippen LogP contribution in [0.5, 0.6) is 0 Å². The van der Waals surface area contributed by atoms with E-state index in [1.54, 1.807) is 0 Å². The van der Waals surface area contributed by atoms with Crippen LogP contribution in [0, 0.1) is 133 Å². The fourth-order valence-electron chi connectivity index (χ4n) is 14.7. The molecule has 18 unspecified atom stereocenters. The van der Waals surface area contributed by atoms with Crippen LogP contribution in [0.3, 0.4) is 0 Å². The summed E-state index contributed by atoms with van der Waals surface area (Å²) in [4.78, 5) is 0. The molecule has 0 saturated carbocycles. The average molecular weight is 1340 g/mol. The molecule has 0 aromatic rings. The van der Waals surface area contributed by atoms with Gasteiger partial charge in [-0.25, -0.2) is 0 Å². The zero-order chi connectivity index (χ0) is 57.3. The molecule has 0 spiro atoms. The predicted octanol–water partition coefficient (Wildman–Crippen LogP) is 12.4. The maximum atomic E-state index is 10.3. The molecule has 0 amide bonds. The molecule has 0 aromatic heterocycles. The number of rotatable bonds is 19. The van der Waals surface area contributed by atoms with E-state index in [1.165, 1.54) is 0 Å². The Bertz CT molecular complexity index is 1790. The van der Waals surface area contributed by atoms with Gasteiger partial charge in [-0.2, -0.15) is 0 Å². The second kappa shape index (κ2) is 30.2. The smallest absolute Gasteiger partial charge is 0.161 e. The molecule has 7 aliphatic heterocycles. The van der Waals surface area contributed by atoms with Gasteiger partial charge in [0.05, 0.1) is 86.0 Å². The van der Waals surface area contributed by atoms with Crippen molar-refractivity contribution in [2.75, 3.05) is 6.61 Å². The van der Waals surface area contributed by atoms with Gasteiger partial charge in [-0.15, -0.1) is 0 Å². The summed E-state index contributed by atoms with van der Waals surface area (Å²) in [6, 6.07) is 0. The van der Waals surface area contributed by atoms with Gasteiger partial charge in [0.15, 0.2) is 37.7 Å². The summed E-state index contributed by atoms with van der Waals surface area (Å²) in [5.74, 6) is 2.86. The molecule has 7 rings (SSSR count). The minimum Gasteiger partial charge on any atom is -0.394 e. The Hall–Kier alpha value is 0.882. The largest absolute Gasteiger partial charge is 0.394 e. The molecule has 15 heteroatoms. The summed E-state index contributed by atoms with van der Waals surface area (Å²) in [6.45, 7) is 49.0. The van der Waals surface area contributed by atoms with Gasteiger partial charge in [-0.3, -0.25) is 0 Å². The van der Waals surface area contributed by atoms with E-state index >= 15 is 0 Å². The molecular formula is C64H116AcO14. The fraction of sp³-hybridized carbons (Fsp3) is 1.00. The van der Waals surface area contributed by atoms with E-state index in [-0.39, 0.29) is 214 Å². The number of hydrogen-bond acceptors (Lipinski definition) is 14. The van der Waals surface area contributed by atoms with E-state index in [2.05, 4.69) is 152 Å². The standard InChI is InChI=1S/C64H116O14.Ac/c1-23-46-32(9)30(7)39(16)59(67-46)73-53-34(11)40(17)60(68-47(53)24-2)74-54-35(12)41(18)61(69-48(54)25-3)75-55-36(13)42(19)62(70-49(55)26-4)76-56-37(14)43(20)63(71-50(56)27-5)77-57-38(15)44(21)64(72-51(57)28-6)78-58-33(10)31(8)45(22)66-52(58)29-65;/h30-65H,23-29H2,1-22H3;/t30-,31?,32+,33?,34+,35?,36?,37+,38+,39?,40?,41?,42?,43?,44?,45?,46?,47?,48?,49?,50?,51?,52?,53+,54-,55-,56+,57+,58-,59-,60-,61+,62+,63-,64-;/m0./s1. The van der Waals surface area contributed by atoms with Crippen molar-refractivity contribution in [2.45, 2.75) is 314 Å². The van der Waals surface area contributed by atoms with Crippen molar-refractivity contribution in [3.63, 3.8) is 0 Å². The SMILES string of the molecule is CCC1O[C@H](O[C@H]2C(CC)O[C@@H](O[C@H]3C(CC)O[C@@H](O[C@@H]4C(CO)OC(C)C(C)C4C)C(C)[C@H]3C)C(C)[C@H]2C)C(C)C(C)[C@@H]1O[C@H]1OC(CC)[C@@H](O[C@@H]2OC(CC)[C@H](O[C@@H]3OC(CC)[C@H](C)[C@H](C)C3C)[C@H](C)C2C)C(C)C1C.[Ac]. The van der Waals surface area contributed by atoms with E-state index in [0.717, 1.165) is 38.5 Å². The van der Waals surface area contributed by atoms with Crippen molar-refractivity contribution >= 4 is 0 Å². The second-order valence-electron chi connectivity index (χ2n) is 26.8. The predicted molar refractivity (Wildman–Crippen MR) is 302 cm³/mol. The third-order valence-corrected chi connectivity index (χ3v) is 22.4. The zero-order valence-electron chi connectivity index (χ0n) is 53.5.